The first-order valence-corrected chi connectivity index (χ1v) is 10.9. The first kappa shape index (κ1) is 24.3. The van der Waals surface area contributed by atoms with Gasteiger partial charge in [-0.15, -0.1) is 0 Å². The second-order valence-corrected chi connectivity index (χ2v) is 8.90. The van der Waals surface area contributed by atoms with E-state index in [9.17, 15) is 13.6 Å². The van der Waals surface area contributed by atoms with Crippen molar-refractivity contribution in [3.63, 3.8) is 0 Å². The number of ether oxygens (including phenoxy) is 1. The zero-order chi connectivity index (χ0) is 25.9. The van der Waals surface area contributed by atoms with Gasteiger partial charge in [0.2, 0.25) is 0 Å². The van der Waals surface area contributed by atoms with Crippen molar-refractivity contribution in [2.45, 2.75) is 26.2 Å². The number of hydrogen-bond donors (Lipinski definition) is 2. The van der Waals surface area contributed by atoms with Crippen molar-refractivity contribution in [3.8, 4) is 23.3 Å². The number of nitrogens with one attached hydrogen (secondary N) is 2. The van der Waals surface area contributed by atoms with E-state index in [4.69, 9.17) is 10.00 Å². The van der Waals surface area contributed by atoms with E-state index >= 15 is 0 Å². The highest BCUT2D eigenvalue weighted by Crippen LogP contribution is 2.27. The molecule has 0 atom stereocenters. The van der Waals surface area contributed by atoms with Crippen molar-refractivity contribution in [3.05, 3.63) is 89.9 Å². The molecule has 0 bridgehead atoms. The molecule has 4 rings (SSSR count). The monoisotopic (exact) mass is 488 g/mol. The summed E-state index contributed by atoms with van der Waals surface area (Å²) in [5, 5.41) is 18.8. The fraction of sp³-hybridized carbons (Fsp3) is 0.154. The number of pyridine rings is 1. The summed E-state index contributed by atoms with van der Waals surface area (Å²) in [5.74, 6) is -0.320. The predicted molar refractivity (Wildman–Crippen MR) is 130 cm³/mol. The minimum Gasteiger partial charge on any atom is -0.457 e. The third-order valence-corrected chi connectivity index (χ3v) is 5.01. The molecule has 4 aromatic rings. The van der Waals surface area contributed by atoms with Gasteiger partial charge in [0.1, 0.15) is 40.7 Å². The minimum absolute atomic E-state index is 0.135. The maximum atomic E-state index is 13.8. The van der Waals surface area contributed by atoms with Gasteiger partial charge in [0.05, 0.1) is 11.4 Å². The van der Waals surface area contributed by atoms with Crippen molar-refractivity contribution in [1.82, 2.24) is 14.8 Å². The molecule has 0 aliphatic carbocycles. The van der Waals surface area contributed by atoms with Crippen molar-refractivity contribution in [2.75, 3.05) is 10.6 Å². The van der Waals surface area contributed by atoms with Crippen LogP contribution >= 0.6 is 0 Å². The number of anilines is 2. The Labute approximate surface area is 206 Å². The Bertz CT molecular complexity index is 1430. The molecule has 10 heteroatoms. The molecule has 0 radical (unpaired) electrons. The molecule has 0 saturated carbocycles. The van der Waals surface area contributed by atoms with Gasteiger partial charge in [0.25, 0.3) is 0 Å². The molecule has 0 unspecified atom stereocenters. The van der Waals surface area contributed by atoms with E-state index in [1.165, 1.54) is 16.9 Å². The van der Waals surface area contributed by atoms with Crippen LogP contribution in [0.15, 0.2) is 66.9 Å². The number of aromatic nitrogens is 3. The zero-order valence-electron chi connectivity index (χ0n) is 19.7. The van der Waals surface area contributed by atoms with Gasteiger partial charge in [-0.3, -0.25) is 5.32 Å². The first-order chi connectivity index (χ1) is 17.1. The van der Waals surface area contributed by atoms with Gasteiger partial charge >= 0.3 is 6.03 Å². The molecule has 2 amide bonds. The molecule has 0 aliphatic rings. The van der Waals surface area contributed by atoms with Crippen molar-refractivity contribution < 1.29 is 18.3 Å². The van der Waals surface area contributed by atoms with Crippen LogP contribution in [0.5, 0.6) is 11.5 Å². The summed E-state index contributed by atoms with van der Waals surface area (Å²) in [6.45, 7) is 5.81. The van der Waals surface area contributed by atoms with Crippen molar-refractivity contribution in [1.29, 1.82) is 5.26 Å². The van der Waals surface area contributed by atoms with Crippen LogP contribution in [-0.4, -0.2) is 20.8 Å². The molecular formula is C26H22F2N6O2. The van der Waals surface area contributed by atoms with Gasteiger partial charge in [0.15, 0.2) is 0 Å². The summed E-state index contributed by atoms with van der Waals surface area (Å²) < 4.78 is 34.7. The first-order valence-electron chi connectivity index (χ1n) is 10.9. The highest BCUT2D eigenvalue weighted by atomic mass is 19.1. The van der Waals surface area contributed by atoms with Crippen molar-refractivity contribution in [2.24, 2.45) is 0 Å². The van der Waals surface area contributed by atoms with Crippen LogP contribution in [0.1, 0.15) is 32.2 Å². The topological polar surface area (TPSA) is 105 Å². The third kappa shape index (κ3) is 5.82. The van der Waals surface area contributed by atoms with Crippen LogP contribution in [0, 0.1) is 23.0 Å². The number of rotatable bonds is 5. The number of nitrogens with zero attached hydrogens (tertiary/aromatic N) is 4. The Morgan fingerprint density at radius 3 is 2.31 bits per heavy atom. The number of halogens is 2. The summed E-state index contributed by atoms with van der Waals surface area (Å²) in [6.07, 6.45) is 1.47. The summed E-state index contributed by atoms with van der Waals surface area (Å²) >= 11 is 0. The standard InChI is InChI=1S/C26H22F2N6O2/c1-26(2,3)23-14-24(34(33-23)20-11-16(27)10-17(28)12-20)32-25(35)31-18-4-6-21(7-5-18)36-22-8-9-30-19(13-22)15-29/h4-14H,1-3H3,(H2,31,32,35). The van der Waals surface area contributed by atoms with E-state index in [2.05, 4.69) is 20.7 Å². The van der Waals surface area contributed by atoms with Crippen LogP contribution in [-0.2, 0) is 5.41 Å². The lowest BCUT2D eigenvalue weighted by atomic mass is 9.92. The van der Waals surface area contributed by atoms with E-state index in [0.29, 0.717) is 22.9 Å². The SMILES string of the molecule is CC(C)(C)c1cc(NC(=O)Nc2ccc(Oc3ccnc(C#N)c3)cc2)n(-c2cc(F)cc(F)c2)n1. The summed E-state index contributed by atoms with van der Waals surface area (Å²) in [5.41, 5.74) is 1.10. The average molecular weight is 488 g/mol. The Morgan fingerprint density at radius 2 is 1.67 bits per heavy atom. The molecule has 182 valence electrons. The normalized spacial score (nSPS) is 11.0. The lowest BCUT2D eigenvalue weighted by Crippen LogP contribution is -2.21. The van der Waals surface area contributed by atoms with Gasteiger partial charge in [-0.1, -0.05) is 20.8 Å². The molecule has 36 heavy (non-hydrogen) atoms. The van der Waals surface area contributed by atoms with Crippen LogP contribution in [0.4, 0.5) is 25.1 Å². The molecule has 2 N–H and O–H groups in total. The Hall–Kier alpha value is -4.78. The van der Waals surface area contributed by atoms with E-state index in [-0.39, 0.29) is 22.6 Å². The fourth-order valence-electron chi connectivity index (χ4n) is 3.25. The van der Waals surface area contributed by atoms with Gasteiger partial charge in [-0.25, -0.2) is 23.2 Å². The lowest BCUT2D eigenvalue weighted by molar-refractivity contribution is 0.262. The van der Waals surface area contributed by atoms with Crippen molar-refractivity contribution >= 4 is 17.5 Å². The van der Waals surface area contributed by atoms with E-state index in [1.54, 1.807) is 36.4 Å². The number of carbonyl (C=O) groups is 1. The number of nitriles is 1. The number of urea groups is 1. The molecule has 2 heterocycles. The second-order valence-electron chi connectivity index (χ2n) is 8.90. The molecule has 2 aromatic heterocycles. The van der Waals surface area contributed by atoms with Gasteiger partial charge in [-0.05, 0) is 42.5 Å². The number of hydrogen-bond acceptors (Lipinski definition) is 5. The molecule has 0 spiro atoms. The second kappa shape index (κ2) is 9.84. The molecule has 0 aliphatic heterocycles. The van der Waals surface area contributed by atoms with E-state index in [1.807, 2.05) is 26.8 Å². The van der Waals surface area contributed by atoms with Crippen LogP contribution < -0.4 is 15.4 Å². The molecule has 0 saturated heterocycles. The Morgan fingerprint density at radius 1 is 0.972 bits per heavy atom. The van der Waals surface area contributed by atoms with Gasteiger partial charge in [-0.2, -0.15) is 10.4 Å². The number of benzene rings is 2. The average Bonchev–Trinajstić information content (AvgIpc) is 3.24. The highest BCUT2D eigenvalue weighted by molar-refractivity contribution is 5.99. The minimum atomic E-state index is -0.758. The highest BCUT2D eigenvalue weighted by Gasteiger charge is 2.22. The Balaban J connectivity index is 1.50. The fourth-order valence-corrected chi connectivity index (χ4v) is 3.25. The maximum Gasteiger partial charge on any atom is 0.324 e. The number of carbonyl (C=O) groups excluding carboxylic acids is 1. The summed E-state index contributed by atoms with van der Waals surface area (Å²) in [7, 11) is 0. The quantitative estimate of drug-likeness (QED) is 0.351. The molecular weight excluding hydrogens is 466 g/mol. The molecule has 0 fully saturated rings. The zero-order valence-corrected chi connectivity index (χ0v) is 19.7. The molecule has 2 aromatic carbocycles. The summed E-state index contributed by atoms with van der Waals surface area (Å²) in [4.78, 5) is 16.6. The van der Waals surface area contributed by atoms with Crippen LogP contribution in [0.25, 0.3) is 5.69 Å². The number of amides is 2. The smallest absolute Gasteiger partial charge is 0.324 e. The maximum absolute atomic E-state index is 13.8. The van der Waals surface area contributed by atoms with Gasteiger partial charge < -0.3 is 10.1 Å². The van der Waals surface area contributed by atoms with Crippen LogP contribution in [0.2, 0.25) is 0 Å². The van der Waals surface area contributed by atoms with E-state index < -0.39 is 17.7 Å². The molecule has 8 nitrogen and oxygen atoms in total. The third-order valence-electron chi connectivity index (χ3n) is 5.01. The van der Waals surface area contributed by atoms with Crippen LogP contribution in [0.3, 0.4) is 0 Å². The summed E-state index contributed by atoms with van der Waals surface area (Å²) in [6, 6.07) is 15.8. The Kier molecular flexibility index (Phi) is 6.65. The lowest BCUT2D eigenvalue weighted by Gasteiger charge is -2.14. The predicted octanol–water partition coefficient (Wildman–Crippen LogP) is 6.15. The largest absolute Gasteiger partial charge is 0.457 e. The van der Waals surface area contributed by atoms with E-state index in [0.717, 1.165) is 18.2 Å². The van der Waals surface area contributed by atoms with Gasteiger partial charge in [0, 0.05) is 35.5 Å².